The van der Waals surface area contributed by atoms with Gasteiger partial charge in [0.1, 0.15) is 6.29 Å². The maximum Gasteiger partial charge on any atom is 0.142 e. The minimum atomic E-state index is 0.685. The molecule has 0 spiro atoms. The van der Waals surface area contributed by atoms with Crippen molar-refractivity contribution >= 4 is 6.29 Å². The van der Waals surface area contributed by atoms with Gasteiger partial charge >= 0.3 is 0 Å². The molecule has 3 heteroatoms. The summed E-state index contributed by atoms with van der Waals surface area (Å²) in [5, 5.41) is 8.25. The van der Waals surface area contributed by atoms with Gasteiger partial charge in [0.05, 0.1) is 7.11 Å². The standard InChI is InChI=1S/C6H10O2.CH3O/c1-8-6-4-2-3-5-7;1-2/h2-3,5H,4,6H2,1H3;1H3. The summed E-state index contributed by atoms with van der Waals surface area (Å²) in [5.41, 5.74) is 0. The second-order valence-electron chi connectivity index (χ2n) is 1.35. The van der Waals surface area contributed by atoms with E-state index in [9.17, 15) is 4.79 Å². The number of allylic oxidation sites excluding steroid dienone is 1. The van der Waals surface area contributed by atoms with Crippen molar-refractivity contribution in [2.75, 3.05) is 20.8 Å². The zero-order valence-electron chi connectivity index (χ0n) is 6.37. The summed E-state index contributed by atoms with van der Waals surface area (Å²) in [4.78, 5) is 9.64. The highest BCUT2D eigenvalue weighted by molar-refractivity contribution is 5.64. The van der Waals surface area contributed by atoms with E-state index in [1.54, 1.807) is 13.2 Å². The highest BCUT2D eigenvalue weighted by Crippen LogP contribution is 1.79. The first kappa shape index (κ1) is 12.0. The molecule has 0 aliphatic carbocycles. The summed E-state index contributed by atoms with van der Waals surface area (Å²) in [6.07, 6.45) is 4.82. The molecule has 0 atom stereocenters. The van der Waals surface area contributed by atoms with Gasteiger partial charge in [0, 0.05) is 13.7 Å². The van der Waals surface area contributed by atoms with Crippen LogP contribution in [0.1, 0.15) is 6.42 Å². The number of methoxy groups -OCH3 is 1. The zero-order valence-corrected chi connectivity index (χ0v) is 6.37. The summed E-state index contributed by atoms with van der Waals surface area (Å²) >= 11 is 0. The number of hydrogen-bond donors (Lipinski definition) is 0. The minimum Gasteiger partial charge on any atom is -0.384 e. The fourth-order valence-electron chi connectivity index (χ4n) is 0.338. The van der Waals surface area contributed by atoms with Crippen LogP contribution in [-0.2, 0) is 14.6 Å². The third-order valence-electron chi connectivity index (χ3n) is 0.703. The van der Waals surface area contributed by atoms with Crippen LogP contribution in [-0.4, -0.2) is 27.1 Å². The van der Waals surface area contributed by atoms with Gasteiger partial charge in [-0.3, -0.25) is 4.79 Å². The van der Waals surface area contributed by atoms with E-state index in [-0.39, 0.29) is 0 Å². The Labute approximate surface area is 61.3 Å². The summed E-state index contributed by atoms with van der Waals surface area (Å²) < 4.78 is 4.72. The lowest BCUT2D eigenvalue weighted by atomic mass is 10.4. The second-order valence-corrected chi connectivity index (χ2v) is 1.35. The van der Waals surface area contributed by atoms with Crippen molar-refractivity contribution in [3.63, 3.8) is 0 Å². The molecule has 0 aromatic heterocycles. The Morgan fingerprint density at radius 3 is 2.40 bits per heavy atom. The molecule has 0 saturated heterocycles. The molecule has 0 heterocycles. The third kappa shape index (κ3) is 15.7. The lowest BCUT2D eigenvalue weighted by Gasteiger charge is -1.87. The number of aldehydes is 1. The zero-order chi connectivity index (χ0) is 8.24. The van der Waals surface area contributed by atoms with Crippen molar-refractivity contribution in [1.29, 1.82) is 0 Å². The largest absolute Gasteiger partial charge is 0.384 e. The van der Waals surface area contributed by atoms with Crippen molar-refractivity contribution in [2.24, 2.45) is 0 Å². The number of ether oxygens (including phenoxy) is 1. The molecule has 0 aliphatic rings. The summed E-state index contributed by atoms with van der Waals surface area (Å²) in [7, 11) is 2.38. The summed E-state index contributed by atoms with van der Waals surface area (Å²) in [6, 6.07) is 0. The van der Waals surface area contributed by atoms with Crippen LogP contribution in [0.4, 0.5) is 0 Å². The molecular weight excluding hydrogens is 132 g/mol. The van der Waals surface area contributed by atoms with Gasteiger partial charge in [-0.25, -0.2) is 5.11 Å². The molecule has 1 radical (unpaired) electrons. The third-order valence-corrected chi connectivity index (χ3v) is 0.703. The van der Waals surface area contributed by atoms with E-state index < -0.39 is 0 Å². The first-order valence-electron chi connectivity index (χ1n) is 2.92. The molecule has 0 aromatic rings. The van der Waals surface area contributed by atoms with Gasteiger partial charge < -0.3 is 4.74 Å². The van der Waals surface area contributed by atoms with E-state index >= 15 is 0 Å². The predicted molar refractivity (Wildman–Crippen MR) is 38.3 cm³/mol. The van der Waals surface area contributed by atoms with Crippen molar-refractivity contribution in [3.8, 4) is 0 Å². The van der Waals surface area contributed by atoms with Gasteiger partial charge in [-0.05, 0) is 12.5 Å². The maximum absolute atomic E-state index is 9.64. The van der Waals surface area contributed by atoms with Crippen molar-refractivity contribution in [2.45, 2.75) is 6.42 Å². The fraction of sp³-hybridized carbons (Fsp3) is 0.571. The molecule has 0 amide bonds. The molecular formula is C7H13O3. The average Bonchev–Trinajstić information content (AvgIpc) is 2.02. The van der Waals surface area contributed by atoms with E-state index in [1.165, 1.54) is 6.08 Å². The highest BCUT2D eigenvalue weighted by Gasteiger charge is 1.73. The molecule has 0 bridgehead atoms. The van der Waals surface area contributed by atoms with E-state index in [4.69, 9.17) is 9.84 Å². The molecule has 3 nitrogen and oxygen atoms in total. The molecule has 10 heavy (non-hydrogen) atoms. The smallest absolute Gasteiger partial charge is 0.142 e. The number of rotatable bonds is 4. The van der Waals surface area contributed by atoms with Gasteiger partial charge in [-0.1, -0.05) is 6.08 Å². The second kappa shape index (κ2) is 15.8. The monoisotopic (exact) mass is 145 g/mol. The van der Waals surface area contributed by atoms with E-state index in [0.29, 0.717) is 6.61 Å². The van der Waals surface area contributed by atoms with Crippen molar-refractivity contribution in [1.82, 2.24) is 0 Å². The van der Waals surface area contributed by atoms with Crippen LogP contribution in [0.3, 0.4) is 0 Å². The van der Waals surface area contributed by atoms with Gasteiger partial charge in [0.2, 0.25) is 0 Å². The maximum atomic E-state index is 9.64. The molecule has 59 valence electrons. The van der Waals surface area contributed by atoms with Crippen LogP contribution in [0.2, 0.25) is 0 Å². The number of hydrogen-bond acceptors (Lipinski definition) is 2. The molecule has 0 fully saturated rings. The molecule has 0 aliphatic heterocycles. The van der Waals surface area contributed by atoms with Crippen LogP contribution in [0, 0.1) is 0 Å². The highest BCUT2D eigenvalue weighted by atomic mass is 16.5. The van der Waals surface area contributed by atoms with Gasteiger partial charge in [0.25, 0.3) is 0 Å². The van der Waals surface area contributed by atoms with E-state index in [1.807, 2.05) is 0 Å². The molecule has 0 N–H and O–H groups in total. The van der Waals surface area contributed by atoms with Gasteiger partial charge in [0.15, 0.2) is 0 Å². The van der Waals surface area contributed by atoms with Crippen molar-refractivity contribution in [3.05, 3.63) is 12.2 Å². The van der Waals surface area contributed by atoms with Crippen LogP contribution >= 0.6 is 0 Å². The Bertz CT molecular complexity index is 78.9. The molecule has 0 unspecified atom stereocenters. The topological polar surface area (TPSA) is 46.2 Å². The Balaban J connectivity index is 0. The first-order chi connectivity index (χ1) is 4.91. The van der Waals surface area contributed by atoms with Crippen molar-refractivity contribution < 1.29 is 14.6 Å². The first-order valence-corrected chi connectivity index (χ1v) is 2.92. The number of carbonyl (C=O) groups excluding carboxylic acids is 1. The predicted octanol–water partition coefficient (Wildman–Crippen LogP) is 0.825. The summed E-state index contributed by atoms with van der Waals surface area (Å²) in [6.45, 7) is 0.685. The van der Waals surface area contributed by atoms with Crippen LogP contribution in [0.25, 0.3) is 0 Å². The van der Waals surface area contributed by atoms with Crippen LogP contribution in [0.15, 0.2) is 12.2 Å². The lowest BCUT2D eigenvalue weighted by Crippen LogP contribution is -1.83. The molecule has 0 saturated carbocycles. The molecule has 0 aromatic carbocycles. The molecule has 0 rings (SSSR count). The van der Waals surface area contributed by atoms with Crippen LogP contribution < -0.4 is 0 Å². The summed E-state index contributed by atoms with van der Waals surface area (Å²) in [5.74, 6) is 0. The van der Waals surface area contributed by atoms with Gasteiger partial charge in [-0.2, -0.15) is 0 Å². The SMILES string of the molecule is COCCC=CC=O.C[O]. The average molecular weight is 145 g/mol. The van der Waals surface area contributed by atoms with E-state index in [2.05, 4.69) is 0 Å². The van der Waals surface area contributed by atoms with E-state index in [0.717, 1.165) is 19.8 Å². The van der Waals surface area contributed by atoms with Crippen LogP contribution in [0.5, 0.6) is 0 Å². The minimum absolute atomic E-state index is 0.685. The lowest BCUT2D eigenvalue weighted by molar-refractivity contribution is -0.104. The number of carbonyl (C=O) groups is 1. The normalized spacial score (nSPS) is 8.70. The van der Waals surface area contributed by atoms with Gasteiger partial charge in [-0.15, -0.1) is 0 Å². The Morgan fingerprint density at radius 1 is 1.40 bits per heavy atom. The Kier molecular flexibility index (Phi) is 19.0. The Hall–Kier alpha value is -0.670. The Morgan fingerprint density at radius 2 is 2.00 bits per heavy atom. The fourth-order valence-corrected chi connectivity index (χ4v) is 0.338. The quantitative estimate of drug-likeness (QED) is 0.334.